The molecule has 3 rings (SSSR count). The summed E-state index contributed by atoms with van der Waals surface area (Å²) in [5, 5.41) is 1.03. The lowest BCUT2D eigenvalue weighted by Crippen LogP contribution is -2.04. The number of hydrogen-bond donors (Lipinski definition) is 1. The van der Waals surface area contributed by atoms with Gasteiger partial charge >= 0.3 is 0 Å². The average molecular weight is 332 g/mol. The first kappa shape index (κ1) is 13.1. The Morgan fingerprint density at radius 1 is 1.25 bits per heavy atom. The van der Waals surface area contributed by atoms with Crippen LogP contribution in [0.1, 0.15) is 11.3 Å². The molecule has 0 aliphatic heterocycles. The highest BCUT2D eigenvalue weighted by Crippen LogP contribution is 2.24. The molecule has 0 amide bonds. The number of aromatic nitrogens is 3. The number of ether oxygens (including phenoxy) is 1. The van der Waals surface area contributed by atoms with E-state index >= 15 is 0 Å². The third-order valence-electron chi connectivity index (χ3n) is 3.19. The highest BCUT2D eigenvalue weighted by atomic mass is 79.9. The highest BCUT2D eigenvalue weighted by Gasteiger charge is 2.09. The second-order valence-corrected chi connectivity index (χ2v) is 5.40. The zero-order chi connectivity index (χ0) is 13.9. The van der Waals surface area contributed by atoms with Gasteiger partial charge in [0, 0.05) is 17.1 Å². The maximum absolute atomic E-state index is 5.82. The average Bonchev–Trinajstić information content (AvgIpc) is 2.84. The fourth-order valence-electron chi connectivity index (χ4n) is 2.15. The molecule has 5 heteroatoms. The van der Waals surface area contributed by atoms with Crippen LogP contribution in [-0.2, 0) is 6.42 Å². The van der Waals surface area contributed by atoms with Crippen molar-refractivity contribution in [2.24, 2.45) is 0 Å². The Morgan fingerprint density at radius 2 is 2.10 bits per heavy atom. The quantitative estimate of drug-likeness (QED) is 0.793. The van der Waals surface area contributed by atoms with Crippen molar-refractivity contribution >= 4 is 27.0 Å². The van der Waals surface area contributed by atoms with Crippen LogP contribution < -0.4 is 4.74 Å². The predicted molar refractivity (Wildman–Crippen MR) is 82.0 cm³/mol. The number of benzene rings is 1. The minimum absolute atomic E-state index is 0.592. The molecule has 1 N–H and O–H groups in total. The number of aromatic amines is 1. The van der Waals surface area contributed by atoms with E-state index < -0.39 is 0 Å². The molecule has 0 aliphatic rings. The number of halogens is 1. The monoisotopic (exact) mass is 331 g/mol. The molecule has 2 heterocycles. The molecular weight excluding hydrogens is 318 g/mol. The third kappa shape index (κ3) is 2.54. The van der Waals surface area contributed by atoms with Crippen molar-refractivity contribution < 1.29 is 4.74 Å². The summed E-state index contributed by atoms with van der Waals surface area (Å²) in [5.41, 5.74) is 2.97. The fraction of sp³-hybridized carbons (Fsp3) is 0.200. The van der Waals surface area contributed by atoms with E-state index in [1.807, 2.05) is 37.4 Å². The minimum atomic E-state index is 0.592. The summed E-state index contributed by atoms with van der Waals surface area (Å²) in [6.45, 7) is 2.63. The standard InChI is InChI=1S/C15H14BrN3O/c1-10-4-2-3-5-13(10)20-7-6-12-14-11(16)8-17-15(14)19-9-18-12/h2-5,8-9H,6-7H2,1H3,(H,17,18,19). The number of para-hydroxylation sites is 1. The SMILES string of the molecule is Cc1ccccc1OCCc1ncnc2[nH]cc(Br)c12. The van der Waals surface area contributed by atoms with Crippen molar-refractivity contribution in [1.29, 1.82) is 0 Å². The number of rotatable bonds is 4. The molecule has 0 radical (unpaired) electrons. The van der Waals surface area contributed by atoms with Crippen LogP contribution in [0.25, 0.3) is 11.0 Å². The number of nitrogens with zero attached hydrogens (tertiary/aromatic N) is 2. The van der Waals surface area contributed by atoms with Crippen LogP contribution in [0, 0.1) is 6.92 Å². The molecule has 0 saturated heterocycles. The molecule has 102 valence electrons. The van der Waals surface area contributed by atoms with Crippen LogP contribution in [0.4, 0.5) is 0 Å². The molecule has 0 unspecified atom stereocenters. The largest absolute Gasteiger partial charge is 0.493 e. The smallest absolute Gasteiger partial charge is 0.142 e. The Bertz CT molecular complexity index is 739. The van der Waals surface area contributed by atoms with E-state index in [0.29, 0.717) is 6.61 Å². The fourth-order valence-corrected chi connectivity index (χ4v) is 2.68. The summed E-state index contributed by atoms with van der Waals surface area (Å²) >= 11 is 3.51. The van der Waals surface area contributed by atoms with E-state index in [1.165, 1.54) is 0 Å². The summed E-state index contributed by atoms with van der Waals surface area (Å²) in [4.78, 5) is 11.7. The van der Waals surface area contributed by atoms with E-state index in [0.717, 1.165) is 38.9 Å². The van der Waals surface area contributed by atoms with Crippen molar-refractivity contribution in [2.45, 2.75) is 13.3 Å². The molecule has 1 aromatic carbocycles. The van der Waals surface area contributed by atoms with E-state index in [9.17, 15) is 0 Å². The summed E-state index contributed by atoms with van der Waals surface area (Å²) in [6, 6.07) is 8.01. The van der Waals surface area contributed by atoms with Gasteiger partial charge in [-0.05, 0) is 34.5 Å². The zero-order valence-electron chi connectivity index (χ0n) is 11.1. The molecule has 0 atom stereocenters. The minimum Gasteiger partial charge on any atom is -0.493 e. The molecule has 4 nitrogen and oxygen atoms in total. The van der Waals surface area contributed by atoms with Gasteiger partial charge in [0.25, 0.3) is 0 Å². The second-order valence-electron chi connectivity index (χ2n) is 4.54. The van der Waals surface area contributed by atoms with Gasteiger partial charge in [-0.3, -0.25) is 0 Å². The number of H-pyrrole nitrogens is 1. The molecule has 0 aliphatic carbocycles. The highest BCUT2D eigenvalue weighted by molar-refractivity contribution is 9.10. The summed E-state index contributed by atoms with van der Waals surface area (Å²) in [5.74, 6) is 0.922. The van der Waals surface area contributed by atoms with Gasteiger partial charge in [-0.15, -0.1) is 0 Å². The lowest BCUT2D eigenvalue weighted by Gasteiger charge is -2.08. The first-order valence-electron chi connectivity index (χ1n) is 6.40. The number of nitrogens with one attached hydrogen (secondary N) is 1. The maximum Gasteiger partial charge on any atom is 0.142 e. The maximum atomic E-state index is 5.82. The van der Waals surface area contributed by atoms with E-state index in [1.54, 1.807) is 6.33 Å². The molecule has 0 spiro atoms. The Kier molecular flexibility index (Phi) is 3.69. The molecule has 0 bridgehead atoms. The lowest BCUT2D eigenvalue weighted by atomic mass is 10.2. The molecule has 20 heavy (non-hydrogen) atoms. The van der Waals surface area contributed by atoms with Gasteiger partial charge in [0.2, 0.25) is 0 Å². The number of hydrogen-bond acceptors (Lipinski definition) is 3. The lowest BCUT2D eigenvalue weighted by molar-refractivity contribution is 0.319. The van der Waals surface area contributed by atoms with E-state index in [4.69, 9.17) is 4.74 Å². The third-order valence-corrected chi connectivity index (χ3v) is 3.82. The van der Waals surface area contributed by atoms with Crippen LogP contribution in [0.3, 0.4) is 0 Å². The van der Waals surface area contributed by atoms with Crippen LogP contribution in [0.5, 0.6) is 5.75 Å². The Labute approximate surface area is 125 Å². The van der Waals surface area contributed by atoms with Crippen molar-refractivity contribution in [2.75, 3.05) is 6.61 Å². The molecule has 2 aromatic heterocycles. The Balaban J connectivity index is 1.75. The number of fused-ring (bicyclic) bond motifs is 1. The van der Waals surface area contributed by atoms with Crippen molar-refractivity contribution in [3.05, 3.63) is 52.5 Å². The van der Waals surface area contributed by atoms with Crippen LogP contribution in [0.2, 0.25) is 0 Å². The Hall–Kier alpha value is -1.88. The van der Waals surface area contributed by atoms with Gasteiger partial charge in [-0.25, -0.2) is 9.97 Å². The van der Waals surface area contributed by atoms with Crippen molar-refractivity contribution in [1.82, 2.24) is 15.0 Å². The van der Waals surface area contributed by atoms with E-state index in [2.05, 4.69) is 30.9 Å². The van der Waals surface area contributed by atoms with Gasteiger partial charge in [-0.2, -0.15) is 0 Å². The second kappa shape index (κ2) is 5.63. The summed E-state index contributed by atoms with van der Waals surface area (Å²) in [7, 11) is 0. The molecule has 3 aromatic rings. The molecular formula is C15H14BrN3O. The van der Waals surface area contributed by atoms with Gasteiger partial charge in [0.15, 0.2) is 0 Å². The normalized spacial score (nSPS) is 10.9. The summed E-state index contributed by atoms with van der Waals surface area (Å²) < 4.78 is 6.81. The topological polar surface area (TPSA) is 50.8 Å². The van der Waals surface area contributed by atoms with Crippen LogP contribution in [-0.4, -0.2) is 21.6 Å². The van der Waals surface area contributed by atoms with Crippen LogP contribution in [0.15, 0.2) is 41.3 Å². The van der Waals surface area contributed by atoms with Gasteiger partial charge in [0.05, 0.1) is 17.7 Å². The van der Waals surface area contributed by atoms with Gasteiger partial charge in [0.1, 0.15) is 17.7 Å². The number of aryl methyl sites for hydroxylation is 1. The first-order chi connectivity index (χ1) is 9.75. The Morgan fingerprint density at radius 3 is 2.95 bits per heavy atom. The molecule has 0 saturated carbocycles. The van der Waals surface area contributed by atoms with Gasteiger partial charge in [-0.1, -0.05) is 18.2 Å². The van der Waals surface area contributed by atoms with E-state index in [-0.39, 0.29) is 0 Å². The van der Waals surface area contributed by atoms with Crippen LogP contribution >= 0.6 is 15.9 Å². The van der Waals surface area contributed by atoms with Crippen molar-refractivity contribution in [3.8, 4) is 5.75 Å². The molecule has 0 fully saturated rings. The van der Waals surface area contributed by atoms with Gasteiger partial charge < -0.3 is 9.72 Å². The van der Waals surface area contributed by atoms with Crippen molar-refractivity contribution in [3.63, 3.8) is 0 Å². The predicted octanol–water partition coefficient (Wildman–Crippen LogP) is 3.65. The first-order valence-corrected chi connectivity index (χ1v) is 7.20. The summed E-state index contributed by atoms with van der Waals surface area (Å²) in [6.07, 6.45) is 4.20. The zero-order valence-corrected chi connectivity index (χ0v) is 12.6.